The summed E-state index contributed by atoms with van der Waals surface area (Å²) in [4.78, 5) is 4.59. The highest BCUT2D eigenvalue weighted by Crippen LogP contribution is 2.26. The van der Waals surface area contributed by atoms with E-state index in [0.29, 0.717) is 0 Å². The van der Waals surface area contributed by atoms with Crippen molar-refractivity contribution in [1.82, 2.24) is 4.98 Å². The van der Waals surface area contributed by atoms with Gasteiger partial charge in [0.2, 0.25) is 0 Å². The van der Waals surface area contributed by atoms with E-state index in [1.165, 1.54) is 28.2 Å². The number of hydrogen-bond acceptors (Lipinski definition) is 4. The zero-order chi connectivity index (χ0) is 12.1. The monoisotopic (exact) mass is 266 g/mol. The van der Waals surface area contributed by atoms with Crippen LogP contribution in [-0.4, -0.2) is 23.0 Å². The van der Waals surface area contributed by atoms with E-state index in [0.717, 1.165) is 17.2 Å². The highest BCUT2D eigenvalue weighted by Gasteiger charge is 2.02. The van der Waals surface area contributed by atoms with Crippen molar-refractivity contribution in [1.29, 1.82) is 0 Å². The van der Waals surface area contributed by atoms with Crippen LogP contribution in [0, 0.1) is 6.92 Å². The number of aryl methyl sites for hydroxylation is 1. The molecule has 1 aromatic carbocycles. The minimum Gasteiger partial charge on any atom is -0.361 e. The van der Waals surface area contributed by atoms with Crippen LogP contribution < -0.4 is 5.32 Å². The zero-order valence-corrected chi connectivity index (χ0v) is 12.0. The number of nitrogens with one attached hydrogen (secondary N) is 1. The van der Waals surface area contributed by atoms with Crippen LogP contribution in [0.3, 0.4) is 0 Å². The van der Waals surface area contributed by atoms with Gasteiger partial charge in [0.1, 0.15) is 0 Å². The summed E-state index contributed by atoms with van der Waals surface area (Å²) < 4.78 is 1.26. The number of thioether (sulfide) groups is 1. The smallest absolute Gasteiger partial charge is 0.183 e. The van der Waals surface area contributed by atoms with E-state index in [1.54, 1.807) is 11.3 Å². The third-order valence-corrected chi connectivity index (χ3v) is 4.47. The molecule has 2 nitrogen and oxygen atoms in total. The maximum absolute atomic E-state index is 4.59. The van der Waals surface area contributed by atoms with E-state index < -0.39 is 0 Å². The largest absolute Gasteiger partial charge is 0.361 e. The maximum atomic E-state index is 4.59. The fourth-order valence-electron chi connectivity index (χ4n) is 1.63. The Balaban J connectivity index is 1.91. The third-order valence-electron chi connectivity index (χ3n) is 2.49. The highest BCUT2D eigenvalue weighted by atomic mass is 32.2. The van der Waals surface area contributed by atoms with Gasteiger partial charge in [-0.15, -0.1) is 0 Å². The molecular weight excluding hydrogens is 248 g/mol. The van der Waals surface area contributed by atoms with Crippen molar-refractivity contribution >= 4 is 38.4 Å². The summed E-state index contributed by atoms with van der Waals surface area (Å²) in [6.45, 7) is 5.33. The molecular formula is C13H18N2S2. The lowest BCUT2D eigenvalue weighted by Crippen LogP contribution is -2.01. The Kier molecular flexibility index (Phi) is 4.68. The average Bonchev–Trinajstić information content (AvgIpc) is 2.70. The molecule has 0 spiro atoms. The van der Waals surface area contributed by atoms with E-state index in [4.69, 9.17) is 0 Å². The quantitative estimate of drug-likeness (QED) is 0.795. The number of aromatic nitrogens is 1. The summed E-state index contributed by atoms with van der Waals surface area (Å²) in [6, 6.07) is 6.44. The first kappa shape index (κ1) is 12.7. The number of anilines is 1. The third kappa shape index (κ3) is 3.61. The van der Waals surface area contributed by atoms with Crippen LogP contribution in [0.5, 0.6) is 0 Å². The van der Waals surface area contributed by atoms with Crippen molar-refractivity contribution in [3.63, 3.8) is 0 Å². The fourth-order valence-corrected chi connectivity index (χ4v) is 3.14. The normalized spacial score (nSPS) is 10.9. The number of hydrogen-bond donors (Lipinski definition) is 1. The Bertz CT molecular complexity index is 479. The molecule has 92 valence electrons. The molecule has 0 saturated heterocycles. The van der Waals surface area contributed by atoms with Gasteiger partial charge in [0.05, 0.1) is 10.2 Å². The molecule has 17 heavy (non-hydrogen) atoms. The molecule has 0 atom stereocenters. The lowest BCUT2D eigenvalue weighted by Gasteiger charge is -2.00. The number of nitrogens with zero attached hydrogens (tertiary/aromatic N) is 1. The molecule has 0 radical (unpaired) electrons. The summed E-state index contributed by atoms with van der Waals surface area (Å²) in [5.74, 6) is 2.44. The topological polar surface area (TPSA) is 24.9 Å². The first-order chi connectivity index (χ1) is 8.29. The van der Waals surface area contributed by atoms with Gasteiger partial charge in [-0.05, 0) is 42.5 Å². The minimum atomic E-state index is 1.02. The van der Waals surface area contributed by atoms with Crippen LogP contribution in [-0.2, 0) is 0 Å². The van der Waals surface area contributed by atoms with Crippen molar-refractivity contribution in [2.75, 3.05) is 23.4 Å². The summed E-state index contributed by atoms with van der Waals surface area (Å²) >= 11 is 3.73. The molecule has 0 fully saturated rings. The second kappa shape index (κ2) is 6.26. The van der Waals surface area contributed by atoms with Gasteiger partial charge >= 0.3 is 0 Å². The molecule has 0 amide bonds. The predicted octanol–water partition coefficient (Wildman–Crippen LogP) is 4.16. The molecule has 1 N–H and O–H groups in total. The van der Waals surface area contributed by atoms with Gasteiger partial charge in [0.25, 0.3) is 0 Å². The first-order valence-electron chi connectivity index (χ1n) is 5.98. The van der Waals surface area contributed by atoms with E-state index in [1.807, 2.05) is 11.8 Å². The second-order valence-electron chi connectivity index (χ2n) is 3.97. The first-order valence-corrected chi connectivity index (χ1v) is 7.95. The predicted molar refractivity (Wildman–Crippen MR) is 80.5 cm³/mol. The second-order valence-corrected chi connectivity index (χ2v) is 6.39. The molecule has 0 unspecified atom stereocenters. The Hall–Kier alpha value is -0.740. The fraction of sp³-hybridized carbons (Fsp3) is 0.462. The molecule has 2 rings (SSSR count). The molecule has 0 aliphatic heterocycles. The van der Waals surface area contributed by atoms with Crippen LogP contribution in [0.25, 0.3) is 10.2 Å². The van der Waals surface area contributed by atoms with Gasteiger partial charge in [0.15, 0.2) is 5.13 Å². The molecule has 1 aromatic heterocycles. The minimum absolute atomic E-state index is 1.02. The Morgan fingerprint density at radius 1 is 1.41 bits per heavy atom. The Morgan fingerprint density at radius 3 is 3.12 bits per heavy atom. The van der Waals surface area contributed by atoms with E-state index in [-0.39, 0.29) is 0 Å². The van der Waals surface area contributed by atoms with Crippen LogP contribution in [0.2, 0.25) is 0 Å². The van der Waals surface area contributed by atoms with Gasteiger partial charge in [-0.2, -0.15) is 11.8 Å². The molecule has 4 heteroatoms. The molecule has 0 aliphatic rings. The number of fused-ring (bicyclic) bond motifs is 1. The zero-order valence-electron chi connectivity index (χ0n) is 10.3. The van der Waals surface area contributed by atoms with Gasteiger partial charge in [-0.3, -0.25) is 0 Å². The highest BCUT2D eigenvalue weighted by molar-refractivity contribution is 7.99. The standard InChI is InChI=1S/C13H18N2S2/c1-3-16-8-4-7-14-13-15-11-9-10(2)5-6-12(11)17-13/h5-6,9H,3-4,7-8H2,1-2H3,(H,14,15). The van der Waals surface area contributed by atoms with Crippen molar-refractivity contribution in [3.8, 4) is 0 Å². The SMILES string of the molecule is CCSCCCNc1nc2cc(C)ccc2s1. The van der Waals surface area contributed by atoms with Crippen LogP contribution >= 0.6 is 23.1 Å². The van der Waals surface area contributed by atoms with Crippen molar-refractivity contribution in [2.24, 2.45) is 0 Å². The Morgan fingerprint density at radius 2 is 2.29 bits per heavy atom. The van der Waals surface area contributed by atoms with Crippen LogP contribution in [0.4, 0.5) is 5.13 Å². The van der Waals surface area contributed by atoms with Gasteiger partial charge < -0.3 is 5.32 Å². The van der Waals surface area contributed by atoms with Crippen molar-refractivity contribution < 1.29 is 0 Å². The lowest BCUT2D eigenvalue weighted by molar-refractivity contribution is 0.989. The van der Waals surface area contributed by atoms with Crippen LogP contribution in [0.15, 0.2) is 18.2 Å². The number of thiazole rings is 1. The number of benzene rings is 1. The summed E-state index contributed by atoms with van der Waals surface area (Å²) in [5.41, 5.74) is 2.38. The van der Waals surface area contributed by atoms with Crippen LogP contribution in [0.1, 0.15) is 18.9 Å². The molecule has 1 heterocycles. The lowest BCUT2D eigenvalue weighted by atomic mass is 10.2. The maximum Gasteiger partial charge on any atom is 0.183 e. The van der Waals surface area contributed by atoms with Gasteiger partial charge in [-0.1, -0.05) is 24.3 Å². The van der Waals surface area contributed by atoms with E-state index in [9.17, 15) is 0 Å². The Labute approximate surface area is 111 Å². The summed E-state index contributed by atoms with van der Waals surface area (Å²) in [6.07, 6.45) is 1.20. The summed E-state index contributed by atoms with van der Waals surface area (Å²) in [5, 5.41) is 4.45. The molecule has 0 aliphatic carbocycles. The van der Waals surface area contributed by atoms with E-state index >= 15 is 0 Å². The van der Waals surface area contributed by atoms with Crippen molar-refractivity contribution in [3.05, 3.63) is 23.8 Å². The summed E-state index contributed by atoms with van der Waals surface area (Å²) in [7, 11) is 0. The van der Waals surface area contributed by atoms with Gasteiger partial charge in [-0.25, -0.2) is 4.98 Å². The molecule has 2 aromatic rings. The van der Waals surface area contributed by atoms with E-state index in [2.05, 4.69) is 42.3 Å². The molecule has 0 saturated carbocycles. The molecule has 0 bridgehead atoms. The van der Waals surface area contributed by atoms with Gasteiger partial charge in [0, 0.05) is 6.54 Å². The number of rotatable bonds is 6. The average molecular weight is 266 g/mol. The van der Waals surface area contributed by atoms with Crippen molar-refractivity contribution in [2.45, 2.75) is 20.3 Å².